The molecule has 6 nitrogen and oxygen atoms in total. The number of para-hydroxylation sites is 1. The lowest BCUT2D eigenvalue weighted by atomic mass is 10.0. The minimum Gasteiger partial charge on any atom is -0.469 e. The summed E-state index contributed by atoms with van der Waals surface area (Å²) >= 11 is 0. The first kappa shape index (κ1) is 22.3. The van der Waals surface area contributed by atoms with E-state index in [1.807, 2.05) is 0 Å². The summed E-state index contributed by atoms with van der Waals surface area (Å²) in [5, 5.41) is 0.285. The number of carbonyl (C=O) groups is 1. The molecule has 0 atom stereocenters. The number of halogens is 1. The van der Waals surface area contributed by atoms with Crippen molar-refractivity contribution in [1.82, 2.24) is 9.13 Å². The molecule has 0 radical (unpaired) electrons. The van der Waals surface area contributed by atoms with Gasteiger partial charge in [-0.25, -0.2) is 13.8 Å². The number of furan rings is 1. The number of aromatic nitrogens is 2. The maximum atomic E-state index is 13.9. The first-order valence-corrected chi connectivity index (χ1v) is 11.2. The molecule has 5 aromatic rings. The molecule has 35 heavy (non-hydrogen) atoms. The van der Waals surface area contributed by atoms with Gasteiger partial charge in [0.15, 0.2) is 5.78 Å². The number of Topliss-reactive ketones (excluding diaryl/α,β-unsaturated/α-hetero) is 1. The maximum Gasteiger partial charge on any atom is 0.336 e. The van der Waals surface area contributed by atoms with E-state index in [9.17, 15) is 18.8 Å². The van der Waals surface area contributed by atoms with E-state index in [2.05, 4.69) is 0 Å². The van der Waals surface area contributed by atoms with Crippen LogP contribution in [-0.4, -0.2) is 14.9 Å². The van der Waals surface area contributed by atoms with E-state index >= 15 is 0 Å². The minimum absolute atomic E-state index is 0.0320. The number of ketones is 1. The van der Waals surface area contributed by atoms with Gasteiger partial charge in [0.2, 0.25) is 0 Å². The molecule has 0 saturated carbocycles. The molecule has 174 valence electrons. The molecule has 2 aromatic heterocycles. The molecule has 0 saturated heterocycles. The van der Waals surface area contributed by atoms with Crippen LogP contribution in [0.15, 0.2) is 105 Å². The zero-order valence-corrected chi connectivity index (χ0v) is 18.7. The number of fused-ring (bicyclic) bond motifs is 1. The van der Waals surface area contributed by atoms with Gasteiger partial charge < -0.3 is 4.42 Å². The third-order valence-electron chi connectivity index (χ3n) is 5.89. The fraction of sp³-hybridized carbons (Fsp3) is 0.107. The van der Waals surface area contributed by atoms with Crippen LogP contribution in [0.3, 0.4) is 0 Å². The van der Waals surface area contributed by atoms with Crippen LogP contribution in [0, 0.1) is 5.82 Å². The molecule has 0 fully saturated rings. The van der Waals surface area contributed by atoms with Gasteiger partial charge in [-0.15, -0.1) is 0 Å². The van der Waals surface area contributed by atoms with E-state index in [0.717, 1.165) is 4.57 Å². The SMILES string of the molecule is O=C(CCc1ccco1)c1ccc2c(=O)n(-c3ccccc3)c(=O)n(Cc3cccc(F)c3)c2c1. The third kappa shape index (κ3) is 4.48. The highest BCUT2D eigenvalue weighted by Crippen LogP contribution is 2.17. The Bertz CT molecular complexity index is 1630. The van der Waals surface area contributed by atoms with E-state index in [1.165, 1.54) is 16.7 Å². The largest absolute Gasteiger partial charge is 0.469 e. The molecule has 0 amide bonds. The van der Waals surface area contributed by atoms with E-state index in [1.54, 1.807) is 79.1 Å². The minimum atomic E-state index is -0.571. The zero-order valence-electron chi connectivity index (χ0n) is 18.7. The third-order valence-corrected chi connectivity index (χ3v) is 5.89. The second kappa shape index (κ2) is 9.38. The number of benzene rings is 3. The first-order chi connectivity index (χ1) is 17.0. The zero-order chi connectivity index (χ0) is 24.4. The second-order valence-electron chi connectivity index (χ2n) is 8.21. The Morgan fingerprint density at radius 2 is 1.71 bits per heavy atom. The highest BCUT2D eigenvalue weighted by atomic mass is 19.1. The van der Waals surface area contributed by atoms with E-state index in [0.29, 0.717) is 34.5 Å². The molecule has 0 spiro atoms. The summed E-state index contributed by atoms with van der Waals surface area (Å²) in [6.45, 7) is 0.0320. The fourth-order valence-corrected chi connectivity index (χ4v) is 4.15. The molecule has 0 bridgehead atoms. The summed E-state index contributed by atoms with van der Waals surface area (Å²) in [7, 11) is 0. The average molecular weight is 468 g/mol. The van der Waals surface area contributed by atoms with E-state index in [-0.39, 0.29) is 24.1 Å². The van der Waals surface area contributed by atoms with Gasteiger partial charge in [0.1, 0.15) is 11.6 Å². The molecule has 0 aliphatic carbocycles. The molecular weight excluding hydrogens is 447 g/mol. The smallest absolute Gasteiger partial charge is 0.336 e. The molecule has 2 heterocycles. The average Bonchev–Trinajstić information content (AvgIpc) is 3.39. The van der Waals surface area contributed by atoms with Crippen molar-refractivity contribution < 1.29 is 13.6 Å². The van der Waals surface area contributed by atoms with Gasteiger partial charge in [-0.3, -0.25) is 14.2 Å². The van der Waals surface area contributed by atoms with Crippen molar-refractivity contribution >= 4 is 16.7 Å². The van der Waals surface area contributed by atoms with Gasteiger partial charge in [-0.2, -0.15) is 0 Å². The summed E-state index contributed by atoms with van der Waals surface area (Å²) in [5.74, 6) is 0.137. The highest BCUT2D eigenvalue weighted by molar-refractivity contribution is 5.99. The topological polar surface area (TPSA) is 74.2 Å². The van der Waals surface area contributed by atoms with Crippen molar-refractivity contribution in [2.45, 2.75) is 19.4 Å². The first-order valence-electron chi connectivity index (χ1n) is 11.2. The Morgan fingerprint density at radius 3 is 2.46 bits per heavy atom. The Labute approximate surface area is 199 Å². The van der Waals surface area contributed by atoms with Crippen molar-refractivity contribution in [2.75, 3.05) is 0 Å². The number of aryl methyl sites for hydroxylation is 1. The Hall–Kier alpha value is -4.52. The standard InChI is InChI=1S/C28H21FN2O4/c29-21-7-4-6-19(16-21)18-30-25-17-20(26(32)14-12-23-10-5-15-35-23)11-13-24(25)27(33)31(28(30)34)22-8-2-1-3-9-22/h1-11,13,15-17H,12,14,18H2. The number of hydrogen-bond acceptors (Lipinski definition) is 4. The van der Waals surface area contributed by atoms with Gasteiger partial charge in [-0.05, 0) is 54.1 Å². The molecule has 3 aromatic carbocycles. The Morgan fingerprint density at radius 1 is 0.886 bits per heavy atom. The molecule has 0 aliphatic rings. The van der Waals surface area contributed by atoms with Crippen LogP contribution >= 0.6 is 0 Å². The van der Waals surface area contributed by atoms with Gasteiger partial charge in [0.25, 0.3) is 5.56 Å². The number of carbonyl (C=O) groups excluding carboxylic acids is 1. The van der Waals surface area contributed by atoms with Crippen molar-refractivity contribution in [3.63, 3.8) is 0 Å². The molecule has 0 N–H and O–H groups in total. The lowest BCUT2D eigenvalue weighted by Crippen LogP contribution is -2.39. The van der Waals surface area contributed by atoms with Crippen molar-refractivity contribution in [1.29, 1.82) is 0 Å². The van der Waals surface area contributed by atoms with Gasteiger partial charge in [0.05, 0.1) is 29.4 Å². The normalized spacial score (nSPS) is 11.1. The van der Waals surface area contributed by atoms with Crippen LogP contribution in [0.4, 0.5) is 4.39 Å². The van der Waals surface area contributed by atoms with E-state index in [4.69, 9.17) is 4.42 Å². The number of nitrogens with zero attached hydrogens (tertiary/aromatic N) is 2. The van der Waals surface area contributed by atoms with Gasteiger partial charge in [0, 0.05) is 18.4 Å². The summed E-state index contributed by atoms with van der Waals surface area (Å²) in [6.07, 6.45) is 2.21. The summed E-state index contributed by atoms with van der Waals surface area (Å²) in [5.41, 5.74) is 0.630. The predicted octanol–water partition coefficient (Wildman–Crippen LogP) is 4.75. The van der Waals surface area contributed by atoms with Crippen molar-refractivity contribution in [3.05, 3.63) is 135 Å². The summed E-state index contributed by atoms with van der Waals surface area (Å²) in [6, 6.07) is 22.9. The Kier molecular flexibility index (Phi) is 5.97. The fourth-order valence-electron chi connectivity index (χ4n) is 4.15. The number of hydrogen-bond donors (Lipinski definition) is 0. The van der Waals surface area contributed by atoms with Crippen molar-refractivity contribution in [2.24, 2.45) is 0 Å². The van der Waals surface area contributed by atoms with Crippen LogP contribution in [-0.2, 0) is 13.0 Å². The van der Waals surface area contributed by atoms with Crippen LogP contribution in [0.25, 0.3) is 16.6 Å². The van der Waals surface area contributed by atoms with Crippen molar-refractivity contribution in [3.8, 4) is 5.69 Å². The molecule has 0 aliphatic heterocycles. The van der Waals surface area contributed by atoms with Gasteiger partial charge >= 0.3 is 5.69 Å². The summed E-state index contributed by atoms with van der Waals surface area (Å²) < 4.78 is 21.7. The lowest BCUT2D eigenvalue weighted by Gasteiger charge is -2.15. The van der Waals surface area contributed by atoms with Crippen LogP contribution in [0.2, 0.25) is 0 Å². The van der Waals surface area contributed by atoms with Crippen LogP contribution in [0.5, 0.6) is 0 Å². The quantitative estimate of drug-likeness (QED) is 0.323. The molecule has 0 unspecified atom stereocenters. The lowest BCUT2D eigenvalue weighted by molar-refractivity contribution is 0.0981. The highest BCUT2D eigenvalue weighted by Gasteiger charge is 2.17. The van der Waals surface area contributed by atoms with Crippen LogP contribution in [0.1, 0.15) is 28.1 Å². The molecular formula is C28H21FN2O4. The monoisotopic (exact) mass is 468 g/mol. The second-order valence-corrected chi connectivity index (χ2v) is 8.21. The molecule has 5 rings (SSSR count). The summed E-state index contributed by atoms with van der Waals surface area (Å²) in [4.78, 5) is 39.8. The van der Waals surface area contributed by atoms with E-state index < -0.39 is 17.1 Å². The Balaban J connectivity index is 1.66. The number of rotatable bonds is 7. The van der Waals surface area contributed by atoms with Crippen LogP contribution < -0.4 is 11.2 Å². The van der Waals surface area contributed by atoms with Gasteiger partial charge in [-0.1, -0.05) is 36.4 Å². The predicted molar refractivity (Wildman–Crippen MR) is 131 cm³/mol. The molecule has 7 heteroatoms. The maximum absolute atomic E-state index is 13.9.